The molecule has 3 aliphatic heterocycles. The molecule has 1 N–H and O–H groups in total. The molecule has 0 radical (unpaired) electrons. The summed E-state index contributed by atoms with van der Waals surface area (Å²) in [6, 6.07) is 6.16. The summed E-state index contributed by atoms with van der Waals surface area (Å²) in [6.07, 6.45) is 1.37. The highest BCUT2D eigenvalue weighted by Crippen LogP contribution is 2.37. The molecule has 0 unspecified atom stereocenters. The molecule has 1 aromatic heterocycles. The van der Waals surface area contributed by atoms with Crippen LogP contribution in [0.15, 0.2) is 18.2 Å². The summed E-state index contributed by atoms with van der Waals surface area (Å²) in [5.74, 6) is 1.73. The summed E-state index contributed by atoms with van der Waals surface area (Å²) >= 11 is 0. The third-order valence-corrected chi connectivity index (χ3v) is 6.32. The van der Waals surface area contributed by atoms with E-state index in [0.29, 0.717) is 13.0 Å². The summed E-state index contributed by atoms with van der Waals surface area (Å²) in [5, 5.41) is 7.72. The van der Waals surface area contributed by atoms with Crippen molar-refractivity contribution in [2.45, 2.75) is 25.4 Å². The van der Waals surface area contributed by atoms with Crippen molar-refractivity contribution in [2.24, 2.45) is 0 Å². The first-order valence-corrected chi connectivity index (χ1v) is 10.2. The van der Waals surface area contributed by atoms with Crippen LogP contribution in [0.3, 0.4) is 0 Å². The second-order valence-electron chi connectivity index (χ2n) is 8.26. The summed E-state index contributed by atoms with van der Waals surface area (Å²) in [6.45, 7) is 4.60. The highest BCUT2D eigenvalue weighted by Gasteiger charge is 2.30. The molecule has 0 bridgehead atoms. The predicted molar refractivity (Wildman–Crippen MR) is 108 cm³/mol. The monoisotopic (exact) mass is 397 g/mol. The second kappa shape index (κ2) is 7.35. The number of ether oxygens (including phenoxy) is 2. The lowest BCUT2D eigenvalue weighted by Gasteiger charge is -2.38. The summed E-state index contributed by atoms with van der Waals surface area (Å²) in [5.41, 5.74) is 4.11. The Morgan fingerprint density at radius 3 is 2.97 bits per heavy atom. The standard InChI is InChI=1S/C21H27N5O3/c1-24-7-8-25(2)15(11-24)10-20(27)26-6-5-17-16(12-26)21(23-22-17)14-3-4-18-19(9-14)29-13-28-18/h3-4,9,15H,5-8,10-13H2,1-2H3,(H,22,23)/t15-/m1/s1. The fourth-order valence-electron chi connectivity index (χ4n) is 4.44. The number of nitrogens with one attached hydrogen (secondary N) is 1. The Morgan fingerprint density at radius 1 is 1.21 bits per heavy atom. The molecule has 1 amide bonds. The molecular weight excluding hydrogens is 370 g/mol. The van der Waals surface area contributed by atoms with Crippen LogP contribution < -0.4 is 9.47 Å². The van der Waals surface area contributed by atoms with Crippen LogP contribution >= 0.6 is 0 Å². The van der Waals surface area contributed by atoms with Crippen LogP contribution in [0.1, 0.15) is 17.7 Å². The summed E-state index contributed by atoms with van der Waals surface area (Å²) in [4.78, 5) is 19.7. The smallest absolute Gasteiger partial charge is 0.231 e. The molecule has 0 aliphatic carbocycles. The number of carbonyl (C=O) groups excluding carboxylic acids is 1. The normalized spacial score (nSPS) is 22.0. The number of fused-ring (bicyclic) bond motifs is 2. The number of hydrogen-bond donors (Lipinski definition) is 1. The predicted octanol–water partition coefficient (Wildman–Crippen LogP) is 1.33. The van der Waals surface area contributed by atoms with E-state index in [4.69, 9.17) is 9.47 Å². The van der Waals surface area contributed by atoms with E-state index in [1.807, 2.05) is 23.1 Å². The number of likely N-dealkylation sites (N-methyl/N-ethyl adjacent to an activating group) is 2. The van der Waals surface area contributed by atoms with Gasteiger partial charge in [0.2, 0.25) is 12.7 Å². The molecule has 1 aromatic carbocycles. The maximum absolute atomic E-state index is 13.1. The minimum absolute atomic E-state index is 0.223. The van der Waals surface area contributed by atoms with E-state index in [2.05, 4.69) is 34.1 Å². The lowest BCUT2D eigenvalue weighted by molar-refractivity contribution is -0.133. The fraction of sp³-hybridized carbons (Fsp3) is 0.524. The molecule has 2 aromatic rings. The van der Waals surface area contributed by atoms with Gasteiger partial charge in [-0.2, -0.15) is 5.10 Å². The van der Waals surface area contributed by atoms with Crippen molar-refractivity contribution in [3.8, 4) is 22.8 Å². The Labute approximate surface area is 170 Å². The van der Waals surface area contributed by atoms with E-state index in [1.54, 1.807) is 0 Å². The molecule has 0 spiro atoms. The third kappa shape index (κ3) is 3.47. The first kappa shape index (κ1) is 18.4. The van der Waals surface area contributed by atoms with Gasteiger partial charge in [-0.25, -0.2) is 0 Å². The Kier molecular flexibility index (Phi) is 4.67. The fourth-order valence-corrected chi connectivity index (χ4v) is 4.44. The average Bonchev–Trinajstić information content (AvgIpc) is 3.36. The lowest BCUT2D eigenvalue weighted by atomic mass is 10.00. The third-order valence-electron chi connectivity index (χ3n) is 6.32. The van der Waals surface area contributed by atoms with Crippen LogP contribution in [0.5, 0.6) is 11.5 Å². The zero-order chi connectivity index (χ0) is 20.0. The van der Waals surface area contributed by atoms with E-state index < -0.39 is 0 Å². The molecule has 4 heterocycles. The van der Waals surface area contributed by atoms with Crippen molar-refractivity contribution in [1.29, 1.82) is 0 Å². The van der Waals surface area contributed by atoms with Crippen LogP contribution in [-0.4, -0.2) is 83.9 Å². The van der Waals surface area contributed by atoms with Crippen LogP contribution in [0.2, 0.25) is 0 Å². The Morgan fingerprint density at radius 2 is 2.07 bits per heavy atom. The van der Waals surface area contributed by atoms with Gasteiger partial charge in [-0.1, -0.05) is 0 Å². The van der Waals surface area contributed by atoms with E-state index in [1.165, 1.54) is 0 Å². The maximum atomic E-state index is 13.1. The summed E-state index contributed by atoms with van der Waals surface area (Å²) < 4.78 is 10.9. The second-order valence-corrected chi connectivity index (χ2v) is 8.26. The number of benzene rings is 1. The van der Waals surface area contributed by atoms with Gasteiger partial charge in [0.25, 0.3) is 0 Å². The van der Waals surface area contributed by atoms with Crippen molar-refractivity contribution in [1.82, 2.24) is 24.9 Å². The van der Waals surface area contributed by atoms with Crippen molar-refractivity contribution in [2.75, 3.05) is 47.1 Å². The van der Waals surface area contributed by atoms with Gasteiger partial charge in [-0.05, 0) is 32.3 Å². The number of aromatic nitrogens is 2. The van der Waals surface area contributed by atoms with Gasteiger partial charge in [-0.15, -0.1) is 0 Å². The zero-order valence-electron chi connectivity index (χ0n) is 17.0. The number of amides is 1. The minimum Gasteiger partial charge on any atom is -0.454 e. The van der Waals surface area contributed by atoms with Gasteiger partial charge in [0, 0.05) is 68.4 Å². The van der Waals surface area contributed by atoms with Gasteiger partial charge < -0.3 is 24.2 Å². The molecule has 1 saturated heterocycles. The van der Waals surface area contributed by atoms with Crippen LogP contribution in [0.4, 0.5) is 0 Å². The number of piperazine rings is 1. The average molecular weight is 397 g/mol. The van der Waals surface area contributed by atoms with E-state index in [9.17, 15) is 4.79 Å². The van der Waals surface area contributed by atoms with Crippen LogP contribution in [0, 0.1) is 0 Å². The molecule has 1 atom stereocenters. The van der Waals surface area contributed by atoms with E-state index in [0.717, 1.165) is 66.6 Å². The van der Waals surface area contributed by atoms with Gasteiger partial charge in [0.1, 0.15) is 0 Å². The number of aromatic amines is 1. The van der Waals surface area contributed by atoms with Gasteiger partial charge in [-0.3, -0.25) is 9.89 Å². The molecule has 8 nitrogen and oxygen atoms in total. The first-order valence-electron chi connectivity index (χ1n) is 10.2. The summed E-state index contributed by atoms with van der Waals surface area (Å²) in [7, 11) is 4.24. The van der Waals surface area contributed by atoms with Gasteiger partial charge >= 0.3 is 0 Å². The number of hydrogen-bond acceptors (Lipinski definition) is 6. The topological polar surface area (TPSA) is 73.9 Å². The van der Waals surface area contributed by atoms with Crippen molar-refractivity contribution in [3.05, 3.63) is 29.5 Å². The largest absolute Gasteiger partial charge is 0.454 e. The molecule has 0 saturated carbocycles. The zero-order valence-corrected chi connectivity index (χ0v) is 17.0. The molecule has 1 fully saturated rings. The van der Waals surface area contributed by atoms with Crippen molar-refractivity contribution < 1.29 is 14.3 Å². The SMILES string of the molecule is CN1CCN(C)[C@H](CC(=O)N2CCc3[nH]nc(-c4ccc5c(c4)OCO5)c3C2)C1. The van der Waals surface area contributed by atoms with E-state index >= 15 is 0 Å². The number of nitrogens with zero attached hydrogens (tertiary/aromatic N) is 4. The molecular formula is C21H27N5O3. The van der Waals surface area contributed by atoms with E-state index in [-0.39, 0.29) is 18.7 Å². The van der Waals surface area contributed by atoms with Crippen molar-refractivity contribution in [3.63, 3.8) is 0 Å². The maximum Gasteiger partial charge on any atom is 0.231 e. The molecule has 8 heteroatoms. The number of H-pyrrole nitrogens is 1. The van der Waals surface area contributed by atoms with Crippen LogP contribution in [-0.2, 0) is 17.8 Å². The Hall–Kier alpha value is -2.58. The lowest BCUT2D eigenvalue weighted by Crippen LogP contribution is -2.52. The molecule has 5 rings (SSSR count). The quantitative estimate of drug-likeness (QED) is 0.842. The molecule has 29 heavy (non-hydrogen) atoms. The van der Waals surface area contributed by atoms with Gasteiger partial charge in [0.05, 0.1) is 5.69 Å². The first-order chi connectivity index (χ1) is 14.1. The highest BCUT2D eigenvalue weighted by atomic mass is 16.7. The number of rotatable bonds is 3. The Bertz CT molecular complexity index is 927. The highest BCUT2D eigenvalue weighted by molar-refractivity contribution is 5.78. The van der Waals surface area contributed by atoms with Crippen LogP contribution in [0.25, 0.3) is 11.3 Å². The number of carbonyl (C=O) groups is 1. The van der Waals surface area contributed by atoms with Crippen molar-refractivity contribution >= 4 is 5.91 Å². The molecule has 3 aliphatic rings. The van der Waals surface area contributed by atoms with Gasteiger partial charge in [0.15, 0.2) is 11.5 Å². The molecule has 154 valence electrons. The minimum atomic E-state index is 0.223. The Balaban J connectivity index is 1.33.